The van der Waals surface area contributed by atoms with Crippen LogP contribution in [0.4, 0.5) is 0 Å². The quantitative estimate of drug-likeness (QED) is 0.648. The third-order valence-corrected chi connectivity index (χ3v) is 5.88. The molecule has 5 rings (SSSR count). The van der Waals surface area contributed by atoms with E-state index in [1.807, 2.05) is 18.2 Å². The van der Waals surface area contributed by atoms with Crippen LogP contribution >= 0.6 is 11.6 Å². The number of hydrogen-bond donors (Lipinski definition) is 2. The maximum atomic E-state index is 11.1. The fourth-order valence-corrected chi connectivity index (χ4v) is 4.38. The van der Waals surface area contributed by atoms with Crippen molar-refractivity contribution in [3.05, 3.63) is 86.7 Å². The van der Waals surface area contributed by atoms with Crippen molar-refractivity contribution in [3.8, 4) is 5.95 Å². The van der Waals surface area contributed by atoms with Crippen LogP contribution in [0.2, 0.25) is 5.02 Å². The molecule has 30 heavy (non-hydrogen) atoms. The largest absolute Gasteiger partial charge is 0.475 e. The molecule has 0 bridgehead atoms. The van der Waals surface area contributed by atoms with E-state index in [9.17, 15) is 4.79 Å². The molecule has 2 aromatic heterocycles. The first-order chi connectivity index (χ1) is 14.6. The van der Waals surface area contributed by atoms with Crippen molar-refractivity contribution in [2.45, 2.75) is 31.6 Å². The van der Waals surface area contributed by atoms with Crippen LogP contribution in [0.5, 0.6) is 5.95 Å². The predicted molar refractivity (Wildman–Crippen MR) is 114 cm³/mol. The van der Waals surface area contributed by atoms with Gasteiger partial charge < -0.3 is 19.2 Å². The van der Waals surface area contributed by atoms with Crippen LogP contribution in [0.15, 0.2) is 53.0 Å². The third-order valence-electron chi connectivity index (χ3n) is 5.63. The summed E-state index contributed by atoms with van der Waals surface area (Å²) in [6.45, 7) is 0. The van der Waals surface area contributed by atoms with E-state index in [2.05, 4.69) is 29.3 Å². The van der Waals surface area contributed by atoms with E-state index >= 15 is 0 Å². The highest BCUT2D eigenvalue weighted by Crippen LogP contribution is 2.29. The number of ether oxygens (including phenoxy) is 1. The summed E-state index contributed by atoms with van der Waals surface area (Å²) < 4.78 is 11.2. The van der Waals surface area contributed by atoms with Gasteiger partial charge in [-0.2, -0.15) is 0 Å². The Bertz CT molecular complexity index is 1260. The molecule has 0 spiro atoms. The maximum Gasteiger partial charge on any atom is 0.371 e. The van der Waals surface area contributed by atoms with Crippen molar-refractivity contribution in [2.75, 3.05) is 0 Å². The SMILES string of the molecule is O=C(O)c1ccc(OC2=c3[nH]c4c(c3C(Cc3ccc(Cl)cc3)C=C2)CCCC=4)o1. The minimum Gasteiger partial charge on any atom is -0.475 e. The van der Waals surface area contributed by atoms with Crippen molar-refractivity contribution < 1.29 is 19.1 Å². The molecular formula is C24H20ClNO4. The van der Waals surface area contributed by atoms with Gasteiger partial charge in [-0.3, -0.25) is 0 Å². The number of fused-ring (bicyclic) bond motifs is 3. The lowest BCUT2D eigenvalue weighted by molar-refractivity contribution is 0.0657. The first kappa shape index (κ1) is 18.8. The number of benzene rings is 1. The number of H-pyrrole nitrogens is 1. The van der Waals surface area contributed by atoms with Gasteiger partial charge in [-0.25, -0.2) is 4.79 Å². The Morgan fingerprint density at radius 1 is 1.23 bits per heavy atom. The molecule has 1 atom stereocenters. The van der Waals surface area contributed by atoms with Crippen molar-refractivity contribution in [3.63, 3.8) is 0 Å². The second kappa shape index (κ2) is 7.58. The summed E-state index contributed by atoms with van der Waals surface area (Å²) in [4.78, 5) is 14.6. The van der Waals surface area contributed by atoms with Gasteiger partial charge in [0.15, 0.2) is 5.76 Å². The van der Waals surface area contributed by atoms with Crippen molar-refractivity contribution in [2.24, 2.45) is 0 Å². The molecule has 2 heterocycles. The minimum absolute atomic E-state index is 0.148. The number of carbonyl (C=O) groups is 1. The number of aromatic carboxylic acids is 1. The molecule has 1 unspecified atom stereocenters. The average molecular weight is 422 g/mol. The molecule has 5 nitrogen and oxygen atoms in total. The van der Waals surface area contributed by atoms with Crippen LogP contribution in [-0.4, -0.2) is 16.1 Å². The van der Waals surface area contributed by atoms with Gasteiger partial charge in [0.2, 0.25) is 5.76 Å². The molecule has 0 saturated heterocycles. The summed E-state index contributed by atoms with van der Waals surface area (Å²) in [6.07, 6.45) is 10.4. The lowest BCUT2D eigenvalue weighted by Crippen LogP contribution is -2.23. The van der Waals surface area contributed by atoms with Crippen LogP contribution < -0.4 is 15.4 Å². The molecule has 3 aromatic rings. The van der Waals surface area contributed by atoms with Crippen LogP contribution in [0, 0.1) is 0 Å². The number of furan rings is 1. The summed E-state index contributed by atoms with van der Waals surface area (Å²) in [5.74, 6) is -0.267. The predicted octanol–water partition coefficient (Wildman–Crippen LogP) is 4.16. The number of halogens is 1. The van der Waals surface area contributed by atoms with Crippen molar-refractivity contribution >= 4 is 29.4 Å². The van der Waals surface area contributed by atoms with Gasteiger partial charge in [-0.05, 0) is 66.6 Å². The summed E-state index contributed by atoms with van der Waals surface area (Å²) in [6, 6.07) is 10.9. The third kappa shape index (κ3) is 3.46. The monoisotopic (exact) mass is 421 g/mol. The number of allylic oxidation sites excluding steroid dienone is 1. The lowest BCUT2D eigenvalue weighted by Gasteiger charge is -2.19. The number of rotatable bonds is 5. The highest BCUT2D eigenvalue weighted by molar-refractivity contribution is 6.30. The Morgan fingerprint density at radius 3 is 2.83 bits per heavy atom. The molecule has 6 heteroatoms. The fourth-order valence-electron chi connectivity index (χ4n) is 4.26. The zero-order chi connectivity index (χ0) is 20.7. The second-order valence-corrected chi connectivity index (χ2v) is 8.03. The van der Waals surface area contributed by atoms with E-state index in [1.54, 1.807) is 0 Å². The molecule has 0 fully saturated rings. The molecule has 2 aliphatic rings. The highest BCUT2D eigenvalue weighted by Gasteiger charge is 2.25. The molecular weight excluding hydrogens is 402 g/mol. The van der Waals surface area contributed by atoms with E-state index < -0.39 is 5.97 Å². The molecule has 0 saturated carbocycles. The molecule has 0 amide bonds. The van der Waals surface area contributed by atoms with E-state index in [0.717, 1.165) is 41.4 Å². The number of carboxylic acids is 1. The average Bonchev–Trinajstić information content (AvgIpc) is 3.36. The minimum atomic E-state index is -1.12. The van der Waals surface area contributed by atoms with Crippen molar-refractivity contribution in [1.29, 1.82) is 0 Å². The first-order valence-electron chi connectivity index (χ1n) is 9.97. The standard InChI is InChI=1S/C24H20ClNO4/c25-16-8-5-14(6-9-16)13-15-7-10-19(29-21-12-11-20(30-21)24(27)28)23-22(15)17-3-1-2-4-18(17)26-23/h4-12,15,26H,1-3,13H2,(H,27,28). The Labute approximate surface area is 177 Å². The van der Waals surface area contributed by atoms with E-state index in [4.69, 9.17) is 25.9 Å². The van der Waals surface area contributed by atoms with Gasteiger partial charge in [0.25, 0.3) is 5.95 Å². The lowest BCUT2D eigenvalue weighted by atomic mass is 9.85. The van der Waals surface area contributed by atoms with Gasteiger partial charge in [0.1, 0.15) is 0 Å². The molecule has 2 N–H and O–H groups in total. The fraction of sp³-hybridized carbons (Fsp3) is 0.208. The van der Waals surface area contributed by atoms with E-state index in [1.165, 1.54) is 28.8 Å². The van der Waals surface area contributed by atoms with Gasteiger partial charge in [-0.15, -0.1) is 0 Å². The Balaban J connectivity index is 1.56. The Kier molecular flexibility index (Phi) is 4.75. The van der Waals surface area contributed by atoms with Gasteiger partial charge in [-0.1, -0.05) is 35.9 Å². The number of hydrogen-bond acceptors (Lipinski definition) is 3. The molecule has 1 aromatic carbocycles. The molecule has 0 radical (unpaired) electrons. The number of aromatic nitrogens is 1. The van der Waals surface area contributed by atoms with Crippen LogP contribution in [0.25, 0.3) is 11.8 Å². The van der Waals surface area contributed by atoms with Crippen LogP contribution in [-0.2, 0) is 12.8 Å². The van der Waals surface area contributed by atoms with E-state index in [0.29, 0.717) is 5.76 Å². The number of carboxylic acid groups (broad SMARTS) is 1. The Morgan fingerprint density at radius 2 is 2.07 bits per heavy atom. The Hall–Kier alpha value is -3.18. The summed E-state index contributed by atoms with van der Waals surface area (Å²) >= 11 is 6.04. The maximum absolute atomic E-state index is 11.1. The number of aromatic amines is 1. The zero-order valence-corrected chi connectivity index (χ0v) is 16.9. The summed E-state index contributed by atoms with van der Waals surface area (Å²) in [7, 11) is 0. The summed E-state index contributed by atoms with van der Waals surface area (Å²) in [5, 5.41) is 11.9. The molecule has 152 valence electrons. The summed E-state index contributed by atoms with van der Waals surface area (Å²) in [5.41, 5.74) is 3.81. The second-order valence-electron chi connectivity index (χ2n) is 7.59. The number of nitrogens with one attached hydrogen (secondary N) is 1. The molecule has 2 aliphatic carbocycles. The molecule has 0 aliphatic heterocycles. The van der Waals surface area contributed by atoms with Crippen LogP contribution in [0.3, 0.4) is 0 Å². The van der Waals surface area contributed by atoms with Gasteiger partial charge in [0, 0.05) is 22.4 Å². The van der Waals surface area contributed by atoms with Gasteiger partial charge in [0.05, 0.1) is 5.35 Å². The van der Waals surface area contributed by atoms with E-state index in [-0.39, 0.29) is 17.6 Å². The smallest absolute Gasteiger partial charge is 0.371 e. The highest BCUT2D eigenvalue weighted by atomic mass is 35.5. The van der Waals surface area contributed by atoms with Crippen molar-refractivity contribution in [1.82, 2.24) is 4.98 Å². The topological polar surface area (TPSA) is 75.5 Å². The van der Waals surface area contributed by atoms with Crippen LogP contribution in [0.1, 0.15) is 46.0 Å². The first-order valence-corrected chi connectivity index (χ1v) is 10.3. The normalized spacial score (nSPS) is 17.2. The zero-order valence-electron chi connectivity index (χ0n) is 16.2. The van der Waals surface area contributed by atoms with Gasteiger partial charge >= 0.3 is 5.97 Å².